The summed E-state index contributed by atoms with van der Waals surface area (Å²) in [7, 11) is 3.59. The molecule has 24 heavy (non-hydrogen) atoms. The first-order valence-electron chi connectivity index (χ1n) is 8.33. The van der Waals surface area contributed by atoms with Crippen LogP contribution < -0.4 is 15.4 Å². The molecule has 1 aromatic carbocycles. The minimum Gasteiger partial charge on any atom is -0.496 e. The van der Waals surface area contributed by atoms with Crippen molar-refractivity contribution in [2.75, 3.05) is 39.3 Å². The van der Waals surface area contributed by atoms with E-state index in [2.05, 4.69) is 40.1 Å². The maximum atomic E-state index is 5.62. The second-order valence-corrected chi connectivity index (χ2v) is 7.02. The molecule has 1 aromatic rings. The van der Waals surface area contributed by atoms with Gasteiger partial charge in [-0.2, -0.15) is 11.8 Å². The lowest BCUT2D eigenvalue weighted by atomic mass is 9.78. The van der Waals surface area contributed by atoms with Crippen LogP contribution in [0, 0.1) is 0 Å². The molecule has 0 aromatic heterocycles. The van der Waals surface area contributed by atoms with E-state index in [0.717, 1.165) is 30.6 Å². The van der Waals surface area contributed by atoms with Crippen molar-refractivity contribution in [3.05, 3.63) is 29.8 Å². The normalized spacial score (nSPS) is 16.4. The zero-order valence-corrected chi connectivity index (χ0v) is 18.1. The number of rotatable bonds is 7. The monoisotopic (exact) mass is 463 g/mol. The van der Waals surface area contributed by atoms with Gasteiger partial charge in [-0.3, -0.25) is 4.99 Å². The first-order chi connectivity index (χ1) is 11.3. The lowest BCUT2D eigenvalue weighted by molar-refractivity contribution is 0.371. The molecule has 0 aliphatic heterocycles. The Labute approximate surface area is 167 Å². The van der Waals surface area contributed by atoms with E-state index in [4.69, 9.17) is 4.74 Å². The number of para-hydroxylation sites is 1. The molecule has 6 heteroatoms. The van der Waals surface area contributed by atoms with Crippen molar-refractivity contribution in [3.8, 4) is 5.75 Å². The standard InChI is InChI=1S/C18H29N3OS.HI/c1-19-17(20-12-13-23-3)21-14-18(10-6-7-11-18)15-8-4-5-9-16(15)22-2;/h4-5,8-9H,6-7,10-14H2,1-3H3,(H2,19,20,21);1H. The van der Waals surface area contributed by atoms with Crippen molar-refractivity contribution in [1.29, 1.82) is 0 Å². The fourth-order valence-electron chi connectivity index (χ4n) is 3.42. The van der Waals surface area contributed by atoms with Crippen molar-refractivity contribution in [2.24, 2.45) is 4.99 Å². The number of guanidine groups is 1. The van der Waals surface area contributed by atoms with Crippen LogP contribution in [0.15, 0.2) is 29.3 Å². The lowest BCUT2D eigenvalue weighted by Crippen LogP contribution is -2.45. The number of aliphatic imine (C=N–C) groups is 1. The van der Waals surface area contributed by atoms with E-state index < -0.39 is 0 Å². The van der Waals surface area contributed by atoms with E-state index in [1.54, 1.807) is 7.11 Å². The van der Waals surface area contributed by atoms with Crippen molar-refractivity contribution in [2.45, 2.75) is 31.1 Å². The molecule has 2 N–H and O–H groups in total. The molecule has 0 spiro atoms. The molecule has 0 saturated heterocycles. The van der Waals surface area contributed by atoms with Crippen molar-refractivity contribution < 1.29 is 4.74 Å². The molecule has 0 atom stereocenters. The molecule has 1 fully saturated rings. The second kappa shape index (κ2) is 11.1. The highest BCUT2D eigenvalue weighted by Crippen LogP contribution is 2.44. The van der Waals surface area contributed by atoms with E-state index in [1.807, 2.05) is 24.9 Å². The van der Waals surface area contributed by atoms with Gasteiger partial charge < -0.3 is 15.4 Å². The number of halogens is 1. The summed E-state index contributed by atoms with van der Waals surface area (Å²) in [5.41, 5.74) is 1.47. The molecule has 1 aliphatic rings. The number of hydrogen-bond acceptors (Lipinski definition) is 3. The van der Waals surface area contributed by atoms with Crippen LogP contribution in [0.3, 0.4) is 0 Å². The van der Waals surface area contributed by atoms with Crippen LogP contribution in [0.1, 0.15) is 31.2 Å². The Balaban J connectivity index is 0.00000288. The van der Waals surface area contributed by atoms with Gasteiger partial charge in [-0.1, -0.05) is 31.0 Å². The average molecular weight is 463 g/mol. The third-order valence-electron chi connectivity index (χ3n) is 4.66. The highest BCUT2D eigenvalue weighted by atomic mass is 127. The summed E-state index contributed by atoms with van der Waals surface area (Å²) in [4.78, 5) is 4.34. The van der Waals surface area contributed by atoms with Gasteiger partial charge in [-0.25, -0.2) is 0 Å². The molecule has 0 bridgehead atoms. The molecular formula is C18H30IN3OS. The molecule has 4 nitrogen and oxygen atoms in total. The first kappa shape index (κ1) is 21.4. The Bertz CT molecular complexity index is 519. The highest BCUT2D eigenvalue weighted by Gasteiger charge is 2.37. The Morgan fingerprint density at radius 2 is 1.96 bits per heavy atom. The predicted molar refractivity (Wildman–Crippen MR) is 116 cm³/mol. The molecule has 0 heterocycles. The largest absolute Gasteiger partial charge is 0.496 e. The van der Waals surface area contributed by atoms with Crippen LogP contribution in [0.2, 0.25) is 0 Å². The number of hydrogen-bond donors (Lipinski definition) is 2. The third-order valence-corrected chi connectivity index (χ3v) is 5.27. The lowest BCUT2D eigenvalue weighted by Gasteiger charge is -2.32. The average Bonchev–Trinajstić information content (AvgIpc) is 3.08. The summed E-state index contributed by atoms with van der Waals surface area (Å²) in [5, 5.41) is 6.91. The smallest absolute Gasteiger partial charge is 0.191 e. The van der Waals surface area contributed by atoms with Gasteiger partial charge in [-0.15, -0.1) is 24.0 Å². The van der Waals surface area contributed by atoms with Gasteiger partial charge in [0.2, 0.25) is 0 Å². The minimum atomic E-state index is 0. The summed E-state index contributed by atoms with van der Waals surface area (Å²) in [6.07, 6.45) is 7.06. The fraction of sp³-hybridized carbons (Fsp3) is 0.611. The quantitative estimate of drug-likeness (QED) is 0.281. The number of benzene rings is 1. The highest BCUT2D eigenvalue weighted by molar-refractivity contribution is 14.0. The zero-order valence-electron chi connectivity index (χ0n) is 14.9. The van der Waals surface area contributed by atoms with Crippen LogP contribution in [-0.4, -0.2) is 45.2 Å². The van der Waals surface area contributed by atoms with Crippen LogP contribution in [0.4, 0.5) is 0 Å². The minimum absolute atomic E-state index is 0. The van der Waals surface area contributed by atoms with E-state index in [0.29, 0.717) is 0 Å². The van der Waals surface area contributed by atoms with E-state index >= 15 is 0 Å². The van der Waals surface area contributed by atoms with E-state index in [1.165, 1.54) is 31.2 Å². The van der Waals surface area contributed by atoms with Gasteiger partial charge in [0, 0.05) is 36.9 Å². The number of methoxy groups -OCH3 is 1. The van der Waals surface area contributed by atoms with E-state index in [9.17, 15) is 0 Å². The Morgan fingerprint density at radius 1 is 1.25 bits per heavy atom. The van der Waals surface area contributed by atoms with Crippen molar-refractivity contribution in [3.63, 3.8) is 0 Å². The molecule has 0 amide bonds. The van der Waals surface area contributed by atoms with Gasteiger partial charge >= 0.3 is 0 Å². The van der Waals surface area contributed by atoms with Crippen LogP contribution >= 0.6 is 35.7 Å². The van der Waals surface area contributed by atoms with Gasteiger partial charge in [0.05, 0.1) is 7.11 Å². The predicted octanol–water partition coefficient (Wildman–Crippen LogP) is 3.65. The van der Waals surface area contributed by atoms with Crippen LogP contribution in [-0.2, 0) is 5.41 Å². The SMILES string of the molecule is CN=C(NCCSC)NCC1(c2ccccc2OC)CCCC1.I. The molecule has 136 valence electrons. The van der Waals surface area contributed by atoms with Gasteiger partial charge in [0.1, 0.15) is 5.75 Å². The molecule has 1 saturated carbocycles. The summed E-state index contributed by atoms with van der Waals surface area (Å²) >= 11 is 1.84. The molecular weight excluding hydrogens is 433 g/mol. The number of thioether (sulfide) groups is 1. The first-order valence-corrected chi connectivity index (χ1v) is 9.72. The Hall–Kier alpha value is -0.630. The third kappa shape index (κ3) is 5.44. The Kier molecular flexibility index (Phi) is 9.88. The molecule has 1 aliphatic carbocycles. The summed E-state index contributed by atoms with van der Waals surface area (Å²) in [6.45, 7) is 1.83. The summed E-state index contributed by atoms with van der Waals surface area (Å²) < 4.78 is 5.62. The molecule has 0 radical (unpaired) electrons. The molecule has 2 rings (SSSR count). The number of nitrogens with zero attached hydrogens (tertiary/aromatic N) is 1. The number of nitrogens with one attached hydrogen (secondary N) is 2. The molecule has 0 unspecified atom stereocenters. The van der Waals surface area contributed by atoms with Crippen LogP contribution in [0.5, 0.6) is 5.75 Å². The van der Waals surface area contributed by atoms with Gasteiger partial charge in [0.25, 0.3) is 0 Å². The summed E-state index contributed by atoms with van der Waals surface area (Å²) in [5.74, 6) is 2.97. The van der Waals surface area contributed by atoms with Gasteiger partial charge in [-0.05, 0) is 25.2 Å². The fourth-order valence-corrected chi connectivity index (χ4v) is 3.73. The van der Waals surface area contributed by atoms with Crippen LogP contribution in [0.25, 0.3) is 0 Å². The Morgan fingerprint density at radius 3 is 2.58 bits per heavy atom. The number of ether oxygens (including phenoxy) is 1. The topological polar surface area (TPSA) is 45.7 Å². The summed E-state index contributed by atoms with van der Waals surface area (Å²) in [6, 6.07) is 8.45. The van der Waals surface area contributed by atoms with Crippen molar-refractivity contribution in [1.82, 2.24) is 10.6 Å². The second-order valence-electron chi connectivity index (χ2n) is 6.03. The zero-order chi connectivity index (χ0) is 16.5. The maximum Gasteiger partial charge on any atom is 0.191 e. The van der Waals surface area contributed by atoms with Crippen molar-refractivity contribution >= 4 is 41.7 Å². The van der Waals surface area contributed by atoms with Gasteiger partial charge in [0.15, 0.2) is 5.96 Å². The van der Waals surface area contributed by atoms with E-state index in [-0.39, 0.29) is 29.4 Å². The maximum absolute atomic E-state index is 5.62.